The van der Waals surface area contributed by atoms with Crippen molar-refractivity contribution in [3.05, 3.63) is 12.3 Å². The summed E-state index contributed by atoms with van der Waals surface area (Å²) >= 11 is 1.80. The summed E-state index contributed by atoms with van der Waals surface area (Å²) in [7, 11) is 0. The Morgan fingerprint density at radius 3 is 3.06 bits per heavy atom. The van der Waals surface area contributed by atoms with Gasteiger partial charge < -0.3 is 10.1 Å². The Hall–Kier alpha value is -0.970. The Morgan fingerprint density at radius 2 is 2.38 bits per heavy atom. The normalized spacial score (nSPS) is 12.2. The largest absolute Gasteiger partial charge is 0.478 e. The number of thioether (sulfide) groups is 1. The molecule has 0 bridgehead atoms. The highest BCUT2D eigenvalue weighted by Gasteiger charge is 2.04. The third-order valence-corrected chi connectivity index (χ3v) is 2.71. The summed E-state index contributed by atoms with van der Waals surface area (Å²) in [6.07, 6.45) is 4.78. The monoisotopic (exact) mass is 241 g/mol. The number of ether oxygens (including phenoxy) is 1. The van der Waals surface area contributed by atoms with Gasteiger partial charge in [-0.2, -0.15) is 16.7 Å². The van der Waals surface area contributed by atoms with Crippen molar-refractivity contribution in [2.45, 2.75) is 26.3 Å². The van der Waals surface area contributed by atoms with Gasteiger partial charge in [0.15, 0.2) is 0 Å². The molecule has 90 valence electrons. The standard InChI is InChI=1S/C11H19N3OS/c1-4-7-15-10-5-6-12-11(14-10)13-9(2)8-16-3/h5-6,9H,4,7-8H2,1-3H3,(H,12,13,14). The molecule has 0 fully saturated rings. The van der Waals surface area contributed by atoms with Gasteiger partial charge in [-0.3, -0.25) is 0 Å². The number of hydrogen-bond donors (Lipinski definition) is 1. The van der Waals surface area contributed by atoms with E-state index in [-0.39, 0.29) is 0 Å². The second-order valence-corrected chi connectivity index (χ2v) is 4.48. The van der Waals surface area contributed by atoms with Gasteiger partial charge in [0, 0.05) is 24.1 Å². The molecule has 0 aliphatic rings. The molecule has 1 atom stereocenters. The Labute approximate surface area is 101 Å². The van der Waals surface area contributed by atoms with Crippen molar-refractivity contribution in [1.82, 2.24) is 9.97 Å². The summed E-state index contributed by atoms with van der Waals surface area (Å²) in [4.78, 5) is 8.44. The quantitative estimate of drug-likeness (QED) is 0.794. The van der Waals surface area contributed by atoms with Crippen molar-refractivity contribution in [1.29, 1.82) is 0 Å². The highest BCUT2D eigenvalue weighted by Crippen LogP contribution is 2.10. The number of hydrogen-bond acceptors (Lipinski definition) is 5. The van der Waals surface area contributed by atoms with Crippen LogP contribution < -0.4 is 10.1 Å². The molecule has 0 spiro atoms. The number of nitrogens with zero attached hydrogens (tertiary/aromatic N) is 2. The second kappa shape index (κ2) is 7.33. The first-order chi connectivity index (χ1) is 7.76. The van der Waals surface area contributed by atoms with Crippen LogP contribution in [0.25, 0.3) is 0 Å². The number of rotatable bonds is 7. The van der Waals surface area contributed by atoms with Crippen LogP contribution >= 0.6 is 11.8 Å². The molecule has 0 saturated heterocycles. The molecule has 5 heteroatoms. The van der Waals surface area contributed by atoms with Crippen LogP contribution in [-0.2, 0) is 0 Å². The van der Waals surface area contributed by atoms with E-state index in [0.29, 0.717) is 24.5 Å². The molecule has 1 rings (SSSR count). The fourth-order valence-electron chi connectivity index (χ4n) is 1.21. The first-order valence-electron chi connectivity index (χ1n) is 5.47. The Balaban J connectivity index is 2.52. The smallest absolute Gasteiger partial charge is 0.226 e. The lowest BCUT2D eigenvalue weighted by atomic mass is 10.4. The number of aromatic nitrogens is 2. The first kappa shape index (κ1) is 13.1. The van der Waals surface area contributed by atoms with Crippen LogP contribution in [0.15, 0.2) is 12.3 Å². The van der Waals surface area contributed by atoms with Gasteiger partial charge in [-0.25, -0.2) is 4.98 Å². The van der Waals surface area contributed by atoms with Crippen molar-refractivity contribution in [3.8, 4) is 5.88 Å². The number of nitrogens with one attached hydrogen (secondary N) is 1. The van der Waals surface area contributed by atoms with E-state index in [9.17, 15) is 0 Å². The minimum absolute atomic E-state index is 0.358. The van der Waals surface area contributed by atoms with Crippen molar-refractivity contribution in [2.75, 3.05) is 23.9 Å². The van der Waals surface area contributed by atoms with Crippen LogP contribution in [0.3, 0.4) is 0 Å². The minimum Gasteiger partial charge on any atom is -0.478 e. The zero-order valence-electron chi connectivity index (χ0n) is 10.1. The van der Waals surface area contributed by atoms with Crippen LogP contribution in [0.1, 0.15) is 20.3 Å². The fourth-order valence-corrected chi connectivity index (χ4v) is 1.79. The van der Waals surface area contributed by atoms with Gasteiger partial charge in [0.05, 0.1) is 6.61 Å². The molecule has 4 nitrogen and oxygen atoms in total. The average Bonchev–Trinajstić information content (AvgIpc) is 2.27. The van der Waals surface area contributed by atoms with Crippen LogP contribution in [-0.4, -0.2) is 34.6 Å². The maximum Gasteiger partial charge on any atom is 0.226 e. The van der Waals surface area contributed by atoms with Crippen LogP contribution in [0.4, 0.5) is 5.95 Å². The first-order valence-corrected chi connectivity index (χ1v) is 6.87. The fraction of sp³-hybridized carbons (Fsp3) is 0.636. The average molecular weight is 241 g/mol. The summed E-state index contributed by atoms with van der Waals surface area (Å²) < 4.78 is 5.44. The van der Waals surface area contributed by atoms with Crippen molar-refractivity contribution in [3.63, 3.8) is 0 Å². The molecule has 1 aromatic rings. The summed E-state index contributed by atoms with van der Waals surface area (Å²) in [5, 5.41) is 3.24. The third kappa shape index (κ3) is 4.70. The van der Waals surface area contributed by atoms with E-state index in [0.717, 1.165) is 12.2 Å². The molecule has 0 radical (unpaired) electrons. The molecule has 16 heavy (non-hydrogen) atoms. The lowest BCUT2D eigenvalue weighted by molar-refractivity contribution is 0.305. The van der Waals surface area contributed by atoms with E-state index in [4.69, 9.17) is 4.74 Å². The van der Waals surface area contributed by atoms with E-state index in [2.05, 4.69) is 35.4 Å². The van der Waals surface area contributed by atoms with E-state index in [1.807, 2.05) is 0 Å². The molecule has 1 aromatic heterocycles. The van der Waals surface area contributed by atoms with E-state index in [1.54, 1.807) is 24.0 Å². The number of anilines is 1. The van der Waals surface area contributed by atoms with Gasteiger partial charge in [-0.15, -0.1) is 0 Å². The molecule has 1 N–H and O–H groups in total. The van der Waals surface area contributed by atoms with Crippen LogP contribution in [0.2, 0.25) is 0 Å². The molecular formula is C11H19N3OS. The molecular weight excluding hydrogens is 222 g/mol. The minimum atomic E-state index is 0.358. The Bertz CT molecular complexity index is 309. The molecule has 0 amide bonds. The maximum absolute atomic E-state index is 5.44. The summed E-state index contributed by atoms with van der Waals surface area (Å²) in [6.45, 7) is 4.87. The van der Waals surface area contributed by atoms with Crippen LogP contribution in [0, 0.1) is 0 Å². The van der Waals surface area contributed by atoms with Gasteiger partial charge in [-0.1, -0.05) is 6.92 Å². The van der Waals surface area contributed by atoms with E-state index in [1.165, 1.54) is 0 Å². The predicted octanol–water partition coefficient (Wildman–Crippen LogP) is 2.43. The van der Waals surface area contributed by atoms with Gasteiger partial charge in [0.2, 0.25) is 11.8 Å². The Kier molecular flexibility index (Phi) is 6.00. The highest BCUT2D eigenvalue weighted by molar-refractivity contribution is 7.98. The predicted molar refractivity (Wildman–Crippen MR) is 69.3 cm³/mol. The summed E-state index contributed by atoms with van der Waals surface area (Å²) in [6, 6.07) is 2.14. The molecule has 0 saturated carbocycles. The summed E-state index contributed by atoms with van der Waals surface area (Å²) in [5.41, 5.74) is 0. The van der Waals surface area contributed by atoms with Gasteiger partial charge in [0.1, 0.15) is 0 Å². The van der Waals surface area contributed by atoms with Gasteiger partial charge >= 0.3 is 0 Å². The SMILES string of the molecule is CCCOc1ccnc(NC(C)CSC)n1. The van der Waals surface area contributed by atoms with Crippen molar-refractivity contribution >= 4 is 17.7 Å². The zero-order chi connectivity index (χ0) is 11.8. The van der Waals surface area contributed by atoms with Gasteiger partial charge in [0.25, 0.3) is 0 Å². The summed E-state index contributed by atoms with van der Waals surface area (Å²) in [5.74, 6) is 2.30. The second-order valence-electron chi connectivity index (χ2n) is 3.57. The highest BCUT2D eigenvalue weighted by atomic mass is 32.2. The Morgan fingerprint density at radius 1 is 1.56 bits per heavy atom. The van der Waals surface area contributed by atoms with Crippen molar-refractivity contribution < 1.29 is 4.74 Å². The molecule has 0 aliphatic heterocycles. The topological polar surface area (TPSA) is 47.0 Å². The molecule has 1 heterocycles. The zero-order valence-corrected chi connectivity index (χ0v) is 10.9. The lowest BCUT2D eigenvalue weighted by Gasteiger charge is -2.12. The third-order valence-electron chi connectivity index (χ3n) is 1.88. The van der Waals surface area contributed by atoms with Crippen molar-refractivity contribution in [2.24, 2.45) is 0 Å². The molecule has 1 unspecified atom stereocenters. The molecule has 0 aromatic carbocycles. The molecule has 0 aliphatic carbocycles. The van der Waals surface area contributed by atoms with Gasteiger partial charge in [-0.05, 0) is 19.6 Å². The van der Waals surface area contributed by atoms with Crippen LogP contribution in [0.5, 0.6) is 5.88 Å². The van der Waals surface area contributed by atoms with E-state index < -0.39 is 0 Å². The van der Waals surface area contributed by atoms with E-state index >= 15 is 0 Å². The lowest BCUT2D eigenvalue weighted by Crippen LogP contribution is -2.19. The maximum atomic E-state index is 5.44.